The molecule has 28 nitrogen and oxygen atoms in total. The van der Waals surface area contributed by atoms with E-state index >= 15 is 0 Å². The third-order valence-corrected chi connectivity index (χ3v) is 12.9. The molecule has 0 bridgehead atoms. The van der Waals surface area contributed by atoms with Crippen LogP contribution in [0.15, 0.2) is 15.0 Å². The van der Waals surface area contributed by atoms with Crippen LogP contribution in [-0.2, 0) is 43.2 Å². The first-order valence-electron chi connectivity index (χ1n) is 28.4. The number of unbranched alkanes of at least 4 members (excludes halogenated alkanes) is 13. The molecule has 0 aliphatic carbocycles. The van der Waals surface area contributed by atoms with E-state index in [1.165, 1.54) is 65.2 Å². The largest absolute Gasteiger partial charge is 0.481 e. The van der Waals surface area contributed by atoms with E-state index < -0.39 is 109 Å². The number of carbonyl (C=O) groups is 9. The average molecular weight is 1140 g/mol. The summed E-state index contributed by atoms with van der Waals surface area (Å²) < 4.78 is 0. The van der Waals surface area contributed by atoms with Crippen molar-refractivity contribution in [3.05, 3.63) is 0 Å². The van der Waals surface area contributed by atoms with Crippen molar-refractivity contribution in [2.75, 3.05) is 32.8 Å². The first kappa shape index (κ1) is 73.2. The van der Waals surface area contributed by atoms with Gasteiger partial charge in [-0.2, -0.15) is 0 Å². The van der Waals surface area contributed by atoms with E-state index in [1.54, 1.807) is 0 Å². The van der Waals surface area contributed by atoms with Crippen LogP contribution in [0.5, 0.6) is 0 Å². The number of amides is 7. The van der Waals surface area contributed by atoms with Crippen LogP contribution in [0.1, 0.15) is 181 Å². The SMILES string of the molecule is CCCCCCCCCCCCCCCC(=O)N[C@@H](CCCN=C(N)N)C(=O)N[C@@H](CCC(=O)O)C(=O)N[C@@H](CCCCN)C(=O)N[C@@H](CCCN=C(N)N)C(=O)N[C@@H](CCCN=C(N)N)C(=O)N[C@@H](CO)C(=O)N[C@@H](C)C(C)=O. The van der Waals surface area contributed by atoms with Crippen molar-refractivity contribution >= 4 is 71.0 Å². The highest BCUT2D eigenvalue weighted by Gasteiger charge is 2.34. The van der Waals surface area contributed by atoms with E-state index in [-0.39, 0.29) is 108 Å². The number of nitrogens with two attached hydrogens (primary N) is 7. The number of guanidine groups is 3. The monoisotopic (exact) mass is 1140 g/mol. The minimum absolute atomic E-state index is 0.00713. The summed E-state index contributed by atoms with van der Waals surface area (Å²) in [5.74, 6) is -8.07. The van der Waals surface area contributed by atoms with E-state index in [1.807, 2.05) is 0 Å². The van der Waals surface area contributed by atoms with Crippen molar-refractivity contribution in [1.82, 2.24) is 37.2 Å². The van der Waals surface area contributed by atoms with E-state index in [2.05, 4.69) is 59.1 Å². The number of aliphatic hydroxyl groups excluding tert-OH is 1. The third-order valence-electron chi connectivity index (χ3n) is 12.9. The average Bonchev–Trinajstić information content (AvgIpc) is 3.39. The molecule has 0 radical (unpaired) electrons. The van der Waals surface area contributed by atoms with Crippen molar-refractivity contribution in [3.8, 4) is 0 Å². The molecule has 0 saturated carbocycles. The molecule has 0 rings (SSSR count). The van der Waals surface area contributed by atoms with Gasteiger partial charge in [-0.1, -0.05) is 84.0 Å². The highest BCUT2D eigenvalue weighted by molar-refractivity contribution is 5.97. The second-order valence-corrected chi connectivity index (χ2v) is 20.0. The van der Waals surface area contributed by atoms with Gasteiger partial charge in [-0.15, -0.1) is 0 Å². The highest BCUT2D eigenvalue weighted by Crippen LogP contribution is 2.14. The van der Waals surface area contributed by atoms with Crippen LogP contribution in [0.2, 0.25) is 0 Å². The van der Waals surface area contributed by atoms with E-state index in [0.717, 1.165) is 25.7 Å². The Morgan fingerprint density at radius 3 is 1.07 bits per heavy atom. The molecule has 0 unspecified atom stereocenters. The Bertz CT molecular complexity index is 1960. The number of aliphatic carboxylic acids is 1. The van der Waals surface area contributed by atoms with Gasteiger partial charge in [0.15, 0.2) is 23.7 Å². The minimum Gasteiger partial charge on any atom is -0.481 e. The van der Waals surface area contributed by atoms with Gasteiger partial charge >= 0.3 is 5.97 Å². The Balaban J connectivity index is 6.57. The molecule has 23 N–H and O–H groups in total. The first-order chi connectivity index (χ1) is 38.1. The van der Waals surface area contributed by atoms with Gasteiger partial charge in [-0.25, -0.2) is 0 Å². The smallest absolute Gasteiger partial charge is 0.303 e. The number of aliphatic imine (C=N–C) groups is 3. The fourth-order valence-corrected chi connectivity index (χ4v) is 8.16. The standard InChI is InChI=1S/C52H99N17O11/c1-4-5-6-7-8-9-10-11-12-13-14-15-16-26-42(72)64-36(23-19-30-60-50(54)55)44(75)68-40(27-28-43(73)74)48(79)65-37(22-17-18-29-53)45(76)66-38(24-20-31-61-51(56)57)46(77)67-39(25-21-32-62-52(58)59)47(78)69-41(33-70)49(80)63-34(2)35(3)71/h34,36-41,70H,4-33,53H2,1-3H3,(H,63,80)(H,64,72)(H,65,79)(H,66,76)(H,67,77)(H,68,75)(H,69,78)(H,73,74)(H4,54,55,60)(H4,56,57,61)(H4,58,59,62)/t34-,36-,37-,38-,39-,40-,41-/m0/s1. The number of carboxylic acids is 1. The van der Waals surface area contributed by atoms with Crippen LogP contribution in [0.3, 0.4) is 0 Å². The van der Waals surface area contributed by atoms with Crippen molar-refractivity contribution in [1.29, 1.82) is 0 Å². The maximum absolute atomic E-state index is 14.3. The molecular weight excluding hydrogens is 1040 g/mol. The number of nitrogens with zero attached hydrogens (tertiary/aromatic N) is 3. The molecule has 0 aliphatic heterocycles. The molecule has 0 spiro atoms. The molecule has 0 aromatic rings. The predicted octanol–water partition coefficient (Wildman–Crippen LogP) is -1.38. The van der Waals surface area contributed by atoms with Gasteiger partial charge in [-0.3, -0.25) is 58.1 Å². The summed E-state index contributed by atoms with van der Waals surface area (Å²) in [5, 5.41) is 37.6. The molecule has 0 saturated heterocycles. The molecule has 28 heteroatoms. The zero-order chi connectivity index (χ0) is 60.3. The summed E-state index contributed by atoms with van der Waals surface area (Å²) in [4.78, 5) is 132. The van der Waals surface area contributed by atoms with Crippen LogP contribution in [-0.4, -0.2) is 156 Å². The number of nitrogens with one attached hydrogen (secondary N) is 7. The van der Waals surface area contributed by atoms with Crippen LogP contribution >= 0.6 is 0 Å². The number of hydrogen-bond donors (Lipinski definition) is 16. The maximum Gasteiger partial charge on any atom is 0.303 e. The summed E-state index contributed by atoms with van der Waals surface area (Å²) in [6.07, 6.45) is 14.7. The molecule has 7 atom stereocenters. The highest BCUT2D eigenvalue weighted by atomic mass is 16.4. The predicted molar refractivity (Wildman–Crippen MR) is 307 cm³/mol. The van der Waals surface area contributed by atoms with Gasteiger partial charge in [0.05, 0.1) is 12.6 Å². The van der Waals surface area contributed by atoms with Gasteiger partial charge in [0.2, 0.25) is 41.4 Å². The zero-order valence-corrected chi connectivity index (χ0v) is 47.7. The molecule has 0 aromatic heterocycles. The maximum atomic E-state index is 14.3. The van der Waals surface area contributed by atoms with Gasteiger partial charge < -0.3 is 87.6 Å². The Morgan fingerprint density at radius 1 is 0.412 bits per heavy atom. The fraction of sp³-hybridized carbons (Fsp3) is 0.769. The normalized spacial score (nSPS) is 13.5. The number of carbonyl (C=O) groups excluding carboxylic acids is 8. The number of hydrogen-bond acceptors (Lipinski definition) is 14. The summed E-state index contributed by atoms with van der Waals surface area (Å²) >= 11 is 0. The molecule has 80 heavy (non-hydrogen) atoms. The molecule has 0 heterocycles. The molecular formula is C52H99N17O11. The quantitative estimate of drug-likeness (QED) is 0.0190. The zero-order valence-electron chi connectivity index (χ0n) is 47.7. The van der Waals surface area contributed by atoms with Gasteiger partial charge in [-0.05, 0) is 91.0 Å². The van der Waals surface area contributed by atoms with Crippen LogP contribution in [0.4, 0.5) is 0 Å². The van der Waals surface area contributed by atoms with E-state index in [9.17, 15) is 53.4 Å². The number of aliphatic hydroxyl groups is 1. The lowest BCUT2D eigenvalue weighted by Crippen LogP contribution is -2.60. The summed E-state index contributed by atoms with van der Waals surface area (Å²) in [5.41, 5.74) is 38.7. The second kappa shape index (κ2) is 45.0. The van der Waals surface area contributed by atoms with Crippen LogP contribution in [0, 0.1) is 0 Å². The molecule has 7 amide bonds. The second-order valence-electron chi connectivity index (χ2n) is 20.0. The van der Waals surface area contributed by atoms with Gasteiger partial charge in [0.25, 0.3) is 0 Å². The van der Waals surface area contributed by atoms with Crippen LogP contribution < -0.4 is 77.4 Å². The Morgan fingerprint density at radius 2 is 0.738 bits per heavy atom. The minimum atomic E-state index is -1.54. The molecule has 0 fully saturated rings. The van der Waals surface area contributed by atoms with Crippen molar-refractivity contribution in [2.24, 2.45) is 55.1 Å². The van der Waals surface area contributed by atoms with Gasteiger partial charge in [0, 0.05) is 32.5 Å². The summed E-state index contributed by atoms with van der Waals surface area (Å²) in [6.45, 7) is 4.34. The Kier molecular flexibility index (Phi) is 41.1. The molecule has 458 valence electrons. The lowest BCUT2D eigenvalue weighted by atomic mass is 10.0. The summed E-state index contributed by atoms with van der Waals surface area (Å²) in [6, 6.07) is -9.45. The molecule has 0 aliphatic rings. The Labute approximate surface area is 471 Å². The van der Waals surface area contributed by atoms with E-state index in [4.69, 9.17) is 40.1 Å². The fourth-order valence-electron chi connectivity index (χ4n) is 8.16. The van der Waals surface area contributed by atoms with Crippen molar-refractivity contribution in [3.63, 3.8) is 0 Å². The lowest BCUT2D eigenvalue weighted by Gasteiger charge is -2.27. The number of ketones is 1. The third kappa shape index (κ3) is 37.1. The number of Topliss-reactive ketones (excluding diaryl/α,β-unsaturated/α-hetero) is 1. The topological polar surface area (TPSA) is 498 Å². The summed E-state index contributed by atoms with van der Waals surface area (Å²) in [7, 11) is 0. The Hall–Kier alpha value is -6.84. The van der Waals surface area contributed by atoms with Crippen molar-refractivity contribution in [2.45, 2.75) is 224 Å². The van der Waals surface area contributed by atoms with E-state index in [0.29, 0.717) is 12.8 Å². The van der Waals surface area contributed by atoms with Crippen molar-refractivity contribution < 1.29 is 53.4 Å². The first-order valence-corrected chi connectivity index (χ1v) is 28.4. The number of rotatable bonds is 48. The molecule has 0 aromatic carbocycles. The van der Waals surface area contributed by atoms with Crippen LogP contribution in [0.25, 0.3) is 0 Å². The lowest BCUT2D eigenvalue weighted by molar-refractivity contribution is -0.138. The number of carboxylic acid groups (broad SMARTS) is 1. The van der Waals surface area contributed by atoms with Gasteiger partial charge in [0.1, 0.15) is 36.3 Å².